The molecule has 2 N–H and O–H groups in total. The maximum Gasteiger partial charge on any atom is 0.263 e. The number of hydrogen-bond donors (Lipinski definition) is 2. The molecular weight excluding hydrogens is 392 g/mol. The van der Waals surface area contributed by atoms with Gasteiger partial charge in [-0.15, -0.1) is 22.7 Å². The van der Waals surface area contributed by atoms with E-state index in [1.165, 1.54) is 28.9 Å². The van der Waals surface area contributed by atoms with Crippen molar-refractivity contribution in [2.24, 2.45) is 0 Å². The van der Waals surface area contributed by atoms with E-state index >= 15 is 0 Å². The lowest BCUT2D eigenvalue weighted by Crippen LogP contribution is -2.34. The van der Waals surface area contributed by atoms with Gasteiger partial charge in [0, 0.05) is 25.5 Å². The number of nitrogens with zero attached hydrogens (tertiary/aromatic N) is 2. The molecule has 0 radical (unpaired) electrons. The summed E-state index contributed by atoms with van der Waals surface area (Å²) in [5.74, 6) is -0.428. The highest BCUT2D eigenvalue weighted by molar-refractivity contribution is 7.24. The maximum absolute atomic E-state index is 12.3. The van der Waals surface area contributed by atoms with Crippen molar-refractivity contribution in [3.63, 3.8) is 0 Å². The molecule has 134 valence electrons. The van der Waals surface area contributed by atoms with Gasteiger partial charge < -0.3 is 10.6 Å². The van der Waals surface area contributed by atoms with Crippen molar-refractivity contribution < 1.29 is 9.59 Å². The number of pyridine rings is 1. The number of rotatable bonds is 6. The standard InChI is InChI=1S/C17H15ClN4O2S2/c1-10-14(26-17(22-10)12-4-5-13(18)25-12)16(24)21-8-7-20-15(23)11-3-2-6-19-9-11/h2-6,9H,7-8H2,1H3,(H,20,23)(H,21,24). The molecule has 3 aromatic rings. The highest BCUT2D eigenvalue weighted by Gasteiger charge is 2.17. The summed E-state index contributed by atoms with van der Waals surface area (Å²) in [4.78, 5) is 34.1. The Labute approximate surface area is 163 Å². The van der Waals surface area contributed by atoms with Crippen LogP contribution in [0.15, 0.2) is 36.7 Å². The molecule has 0 saturated carbocycles. The Balaban J connectivity index is 1.52. The normalized spacial score (nSPS) is 10.5. The zero-order chi connectivity index (χ0) is 18.5. The summed E-state index contributed by atoms with van der Waals surface area (Å²) in [6.45, 7) is 2.45. The molecular formula is C17H15ClN4O2S2. The number of carbonyl (C=O) groups excluding carboxylic acids is 2. The van der Waals surface area contributed by atoms with Crippen LogP contribution in [0.2, 0.25) is 4.34 Å². The van der Waals surface area contributed by atoms with Gasteiger partial charge in [0.2, 0.25) is 0 Å². The molecule has 0 atom stereocenters. The van der Waals surface area contributed by atoms with Crippen LogP contribution in [0.5, 0.6) is 0 Å². The average molecular weight is 407 g/mol. The van der Waals surface area contributed by atoms with Crippen LogP contribution in [0.1, 0.15) is 25.7 Å². The molecule has 2 amide bonds. The van der Waals surface area contributed by atoms with Crippen LogP contribution >= 0.6 is 34.3 Å². The van der Waals surface area contributed by atoms with Gasteiger partial charge >= 0.3 is 0 Å². The Kier molecular flexibility index (Phi) is 5.97. The quantitative estimate of drug-likeness (QED) is 0.614. The van der Waals surface area contributed by atoms with E-state index in [0.717, 1.165) is 9.88 Å². The van der Waals surface area contributed by atoms with E-state index in [0.29, 0.717) is 33.6 Å². The Morgan fingerprint density at radius 3 is 2.54 bits per heavy atom. The van der Waals surface area contributed by atoms with Gasteiger partial charge in [-0.25, -0.2) is 4.98 Å². The van der Waals surface area contributed by atoms with Crippen LogP contribution in [-0.4, -0.2) is 34.9 Å². The number of nitrogens with one attached hydrogen (secondary N) is 2. The van der Waals surface area contributed by atoms with Crippen molar-refractivity contribution in [3.8, 4) is 9.88 Å². The number of carbonyl (C=O) groups is 2. The molecule has 0 aliphatic rings. The number of halogens is 1. The zero-order valence-electron chi connectivity index (χ0n) is 13.8. The minimum absolute atomic E-state index is 0.204. The largest absolute Gasteiger partial charge is 0.350 e. The summed E-state index contributed by atoms with van der Waals surface area (Å²) in [7, 11) is 0. The van der Waals surface area contributed by atoms with Crippen molar-refractivity contribution in [1.82, 2.24) is 20.6 Å². The van der Waals surface area contributed by atoms with Gasteiger partial charge in [0.25, 0.3) is 11.8 Å². The van der Waals surface area contributed by atoms with Crippen molar-refractivity contribution >= 4 is 46.1 Å². The van der Waals surface area contributed by atoms with Gasteiger partial charge in [0.15, 0.2) is 0 Å². The van der Waals surface area contributed by atoms with E-state index in [1.54, 1.807) is 25.3 Å². The van der Waals surface area contributed by atoms with E-state index in [2.05, 4.69) is 20.6 Å². The van der Waals surface area contributed by atoms with E-state index in [9.17, 15) is 9.59 Å². The van der Waals surface area contributed by atoms with Crippen molar-refractivity contribution in [1.29, 1.82) is 0 Å². The highest BCUT2D eigenvalue weighted by atomic mass is 35.5. The van der Waals surface area contributed by atoms with Crippen LogP contribution in [0.3, 0.4) is 0 Å². The fraction of sp³-hybridized carbons (Fsp3) is 0.176. The number of aromatic nitrogens is 2. The predicted molar refractivity (Wildman–Crippen MR) is 104 cm³/mol. The van der Waals surface area contributed by atoms with Crippen molar-refractivity contribution in [2.75, 3.05) is 13.1 Å². The molecule has 0 aliphatic heterocycles. The molecule has 0 saturated heterocycles. The molecule has 0 aromatic carbocycles. The second-order valence-corrected chi connectivity index (χ2v) is 8.00. The molecule has 0 aliphatic carbocycles. The third-order valence-electron chi connectivity index (χ3n) is 3.41. The zero-order valence-corrected chi connectivity index (χ0v) is 16.2. The number of thiophene rings is 1. The van der Waals surface area contributed by atoms with E-state index in [-0.39, 0.29) is 11.8 Å². The molecule has 0 unspecified atom stereocenters. The van der Waals surface area contributed by atoms with Crippen LogP contribution in [0, 0.1) is 6.92 Å². The minimum Gasteiger partial charge on any atom is -0.350 e. The third kappa shape index (κ3) is 4.46. The Morgan fingerprint density at radius 2 is 1.88 bits per heavy atom. The first-order valence-electron chi connectivity index (χ1n) is 7.74. The third-order valence-corrected chi connectivity index (χ3v) is 5.96. The van der Waals surface area contributed by atoms with E-state index in [4.69, 9.17) is 11.6 Å². The lowest BCUT2D eigenvalue weighted by molar-refractivity contribution is 0.0929. The summed E-state index contributed by atoms with van der Waals surface area (Å²) in [6.07, 6.45) is 3.10. The van der Waals surface area contributed by atoms with Gasteiger partial charge in [-0.1, -0.05) is 11.6 Å². The van der Waals surface area contributed by atoms with Gasteiger partial charge in [-0.2, -0.15) is 0 Å². The second-order valence-electron chi connectivity index (χ2n) is 5.29. The van der Waals surface area contributed by atoms with Crippen molar-refractivity contribution in [3.05, 3.63) is 57.1 Å². The molecule has 26 heavy (non-hydrogen) atoms. The van der Waals surface area contributed by atoms with Gasteiger partial charge in [-0.05, 0) is 31.2 Å². The van der Waals surface area contributed by atoms with Crippen LogP contribution in [0.4, 0.5) is 0 Å². The first kappa shape index (κ1) is 18.5. The molecule has 3 heterocycles. The van der Waals surface area contributed by atoms with Crippen molar-refractivity contribution in [2.45, 2.75) is 6.92 Å². The number of thiazole rings is 1. The van der Waals surface area contributed by atoms with Gasteiger partial charge in [0.05, 0.1) is 20.5 Å². The molecule has 9 heteroatoms. The molecule has 0 bridgehead atoms. The Bertz CT molecular complexity index is 924. The monoisotopic (exact) mass is 406 g/mol. The fourth-order valence-electron chi connectivity index (χ4n) is 2.17. The number of amides is 2. The van der Waals surface area contributed by atoms with Crippen LogP contribution in [-0.2, 0) is 0 Å². The summed E-state index contributed by atoms with van der Waals surface area (Å²) in [5, 5.41) is 6.30. The first-order chi connectivity index (χ1) is 12.5. The predicted octanol–water partition coefficient (Wildman–Crippen LogP) is 3.39. The fourth-order valence-corrected chi connectivity index (χ4v) is 4.25. The topological polar surface area (TPSA) is 84.0 Å². The molecule has 3 aromatic heterocycles. The summed E-state index contributed by atoms with van der Waals surface area (Å²) >= 11 is 8.71. The van der Waals surface area contributed by atoms with E-state index in [1.807, 2.05) is 12.1 Å². The average Bonchev–Trinajstić information content (AvgIpc) is 3.25. The summed E-state index contributed by atoms with van der Waals surface area (Å²) in [5.41, 5.74) is 1.16. The van der Waals surface area contributed by atoms with Crippen LogP contribution < -0.4 is 10.6 Å². The van der Waals surface area contributed by atoms with Gasteiger partial charge in [-0.3, -0.25) is 14.6 Å². The molecule has 0 fully saturated rings. The molecule has 0 spiro atoms. The Morgan fingerprint density at radius 1 is 1.12 bits per heavy atom. The van der Waals surface area contributed by atoms with E-state index < -0.39 is 0 Å². The SMILES string of the molecule is Cc1nc(-c2ccc(Cl)s2)sc1C(=O)NCCNC(=O)c1cccnc1. The van der Waals surface area contributed by atoms with Crippen LogP contribution in [0.25, 0.3) is 9.88 Å². The Hall–Kier alpha value is -2.29. The second kappa shape index (κ2) is 8.39. The summed E-state index contributed by atoms with van der Waals surface area (Å²) < 4.78 is 0.684. The number of hydrogen-bond acceptors (Lipinski definition) is 6. The lowest BCUT2D eigenvalue weighted by Gasteiger charge is -2.06. The minimum atomic E-state index is -0.224. The molecule has 6 nitrogen and oxygen atoms in total. The molecule has 3 rings (SSSR count). The lowest BCUT2D eigenvalue weighted by atomic mass is 10.3. The summed E-state index contributed by atoms with van der Waals surface area (Å²) in [6, 6.07) is 7.07. The maximum atomic E-state index is 12.3. The van der Waals surface area contributed by atoms with Gasteiger partial charge in [0.1, 0.15) is 9.88 Å². The smallest absolute Gasteiger partial charge is 0.263 e. The number of aryl methyl sites for hydroxylation is 1. The first-order valence-corrected chi connectivity index (χ1v) is 9.75. The highest BCUT2D eigenvalue weighted by Crippen LogP contribution is 2.34.